The van der Waals surface area contributed by atoms with Gasteiger partial charge >= 0.3 is 5.97 Å². The fourth-order valence-corrected chi connectivity index (χ4v) is 1.64. The molecule has 0 aliphatic carbocycles. The molecule has 1 N–H and O–H groups in total. The molecule has 2 nitrogen and oxygen atoms in total. The lowest BCUT2D eigenvalue weighted by Crippen LogP contribution is -2.26. The van der Waals surface area contributed by atoms with E-state index in [0.717, 1.165) is 0 Å². The van der Waals surface area contributed by atoms with E-state index in [-0.39, 0.29) is 5.82 Å². The number of aliphatic carboxylic acids is 1. The maximum absolute atomic E-state index is 13.2. The summed E-state index contributed by atoms with van der Waals surface area (Å²) < 4.78 is 13.5. The van der Waals surface area contributed by atoms with Gasteiger partial charge in [0.05, 0.1) is 9.89 Å². The molecule has 0 aliphatic heterocycles. The van der Waals surface area contributed by atoms with Gasteiger partial charge in [-0.25, -0.2) is 4.39 Å². The van der Waals surface area contributed by atoms with Crippen LogP contribution in [0, 0.1) is 11.2 Å². The van der Waals surface area contributed by atoms with Crippen LogP contribution >= 0.6 is 15.9 Å². The van der Waals surface area contributed by atoms with E-state index in [9.17, 15) is 9.18 Å². The normalized spacial score (nSPS) is 11.5. The Kier molecular flexibility index (Phi) is 3.50. The minimum atomic E-state index is -0.893. The van der Waals surface area contributed by atoms with Crippen molar-refractivity contribution < 1.29 is 14.3 Å². The molecular formula is C11H12BrFO2. The fourth-order valence-electron chi connectivity index (χ4n) is 1.24. The molecule has 0 unspecified atom stereocenters. The van der Waals surface area contributed by atoms with Crippen LogP contribution in [-0.2, 0) is 11.2 Å². The summed E-state index contributed by atoms with van der Waals surface area (Å²) >= 11 is 3.11. The van der Waals surface area contributed by atoms with Crippen LogP contribution in [0.5, 0.6) is 0 Å². The topological polar surface area (TPSA) is 37.3 Å². The van der Waals surface area contributed by atoms with Crippen LogP contribution in [0.1, 0.15) is 19.4 Å². The third-order valence-electron chi connectivity index (χ3n) is 2.24. The summed E-state index contributed by atoms with van der Waals surface area (Å²) in [6.07, 6.45) is 0.292. The second-order valence-electron chi connectivity index (χ2n) is 4.08. The van der Waals surface area contributed by atoms with Gasteiger partial charge in [-0.2, -0.15) is 0 Å². The minimum absolute atomic E-state index is 0.292. The molecular weight excluding hydrogens is 263 g/mol. The Hall–Kier alpha value is -0.900. The molecule has 0 aliphatic rings. The van der Waals surface area contributed by atoms with E-state index in [1.54, 1.807) is 26.0 Å². The second kappa shape index (κ2) is 4.31. The lowest BCUT2D eigenvalue weighted by molar-refractivity contribution is -0.146. The zero-order chi connectivity index (χ0) is 11.6. The molecule has 0 saturated heterocycles. The second-order valence-corrected chi connectivity index (χ2v) is 4.87. The first kappa shape index (κ1) is 12.2. The van der Waals surface area contributed by atoms with Gasteiger partial charge in [-0.3, -0.25) is 4.79 Å². The molecule has 82 valence electrons. The van der Waals surface area contributed by atoms with Gasteiger partial charge in [-0.05, 0) is 47.8 Å². The number of hydrogen-bond donors (Lipinski definition) is 1. The van der Waals surface area contributed by atoms with E-state index in [1.807, 2.05) is 0 Å². The number of halogens is 2. The Labute approximate surface area is 96.2 Å². The molecule has 15 heavy (non-hydrogen) atoms. The van der Waals surface area contributed by atoms with E-state index in [1.165, 1.54) is 6.07 Å². The number of hydrogen-bond acceptors (Lipinski definition) is 1. The molecule has 0 atom stereocenters. The van der Waals surface area contributed by atoms with Gasteiger partial charge < -0.3 is 5.11 Å². The molecule has 0 saturated carbocycles. The number of carboxylic acid groups (broad SMARTS) is 1. The number of carboxylic acids is 1. The molecule has 0 heterocycles. The molecule has 0 radical (unpaired) electrons. The first-order valence-electron chi connectivity index (χ1n) is 4.51. The average Bonchev–Trinajstić information content (AvgIpc) is 2.12. The zero-order valence-corrected chi connectivity index (χ0v) is 10.1. The van der Waals surface area contributed by atoms with Crippen molar-refractivity contribution in [2.45, 2.75) is 20.3 Å². The summed E-state index contributed by atoms with van der Waals surface area (Å²) in [5.74, 6) is -1.26. The standard InChI is InChI=1S/C11H12BrFO2/c1-11(2,10(14)15)6-7-4-3-5-8(13)9(7)12/h3-5H,6H2,1-2H3,(H,14,15). The van der Waals surface area contributed by atoms with Crippen LogP contribution in [0.25, 0.3) is 0 Å². The lowest BCUT2D eigenvalue weighted by atomic mass is 9.86. The zero-order valence-electron chi connectivity index (χ0n) is 8.55. The van der Waals surface area contributed by atoms with Gasteiger partial charge in [0, 0.05) is 0 Å². The highest BCUT2D eigenvalue weighted by Gasteiger charge is 2.28. The van der Waals surface area contributed by atoms with Crippen molar-refractivity contribution in [2.24, 2.45) is 5.41 Å². The highest BCUT2D eigenvalue weighted by atomic mass is 79.9. The smallest absolute Gasteiger partial charge is 0.309 e. The number of benzene rings is 1. The van der Waals surface area contributed by atoms with Crippen LogP contribution in [0.4, 0.5) is 4.39 Å². The summed E-state index contributed by atoms with van der Waals surface area (Å²) in [6, 6.07) is 4.63. The highest BCUT2D eigenvalue weighted by Crippen LogP contribution is 2.28. The Morgan fingerprint density at radius 3 is 2.67 bits per heavy atom. The van der Waals surface area contributed by atoms with Crippen molar-refractivity contribution in [1.82, 2.24) is 0 Å². The number of rotatable bonds is 3. The third-order valence-corrected chi connectivity index (χ3v) is 3.13. The molecule has 0 fully saturated rings. The Morgan fingerprint density at radius 1 is 1.53 bits per heavy atom. The fraction of sp³-hybridized carbons (Fsp3) is 0.364. The van der Waals surface area contributed by atoms with Crippen LogP contribution in [-0.4, -0.2) is 11.1 Å². The quantitative estimate of drug-likeness (QED) is 0.919. The molecule has 1 rings (SSSR count). The Balaban J connectivity index is 3.00. The van der Waals surface area contributed by atoms with Gasteiger partial charge in [-0.1, -0.05) is 12.1 Å². The van der Waals surface area contributed by atoms with Crippen LogP contribution < -0.4 is 0 Å². The molecule has 0 bridgehead atoms. The van der Waals surface area contributed by atoms with E-state index in [0.29, 0.717) is 16.5 Å². The maximum Gasteiger partial charge on any atom is 0.309 e. The summed E-state index contributed by atoms with van der Waals surface area (Å²) in [7, 11) is 0. The maximum atomic E-state index is 13.2. The summed E-state index contributed by atoms with van der Waals surface area (Å²) in [6.45, 7) is 3.24. The predicted octanol–water partition coefficient (Wildman–Crippen LogP) is 3.24. The van der Waals surface area contributed by atoms with Gasteiger partial charge in [0.2, 0.25) is 0 Å². The average molecular weight is 275 g/mol. The third kappa shape index (κ3) is 2.78. The molecule has 0 amide bonds. The largest absolute Gasteiger partial charge is 0.481 e. The Bertz CT molecular complexity index is 388. The van der Waals surface area contributed by atoms with E-state index >= 15 is 0 Å². The van der Waals surface area contributed by atoms with Gasteiger partial charge in [0.25, 0.3) is 0 Å². The predicted molar refractivity (Wildman–Crippen MR) is 59.2 cm³/mol. The molecule has 1 aromatic rings. The van der Waals surface area contributed by atoms with Crippen molar-refractivity contribution in [3.8, 4) is 0 Å². The van der Waals surface area contributed by atoms with Crippen LogP contribution in [0.3, 0.4) is 0 Å². The van der Waals surface area contributed by atoms with Crippen molar-refractivity contribution in [1.29, 1.82) is 0 Å². The summed E-state index contributed by atoms with van der Waals surface area (Å²) in [5, 5.41) is 8.95. The summed E-state index contributed by atoms with van der Waals surface area (Å²) in [5.41, 5.74) is -0.224. The highest BCUT2D eigenvalue weighted by molar-refractivity contribution is 9.10. The SMILES string of the molecule is CC(C)(Cc1cccc(F)c1Br)C(=O)O. The molecule has 0 spiro atoms. The molecule has 0 aromatic heterocycles. The van der Waals surface area contributed by atoms with Crippen LogP contribution in [0.15, 0.2) is 22.7 Å². The van der Waals surface area contributed by atoms with E-state index in [4.69, 9.17) is 5.11 Å². The van der Waals surface area contributed by atoms with Crippen molar-refractivity contribution in [3.63, 3.8) is 0 Å². The van der Waals surface area contributed by atoms with Crippen LogP contribution in [0.2, 0.25) is 0 Å². The lowest BCUT2D eigenvalue weighted by Gasteiger charge is -2.19. The first-order valence-corrected chi connectivity index (χ1v) is 5.30. The number of carbonyl (C=O) groups is 1. The summed E-state index contributed by atoms with van der Waals surface area (Å²) in [4.78, 5) is 10.9. The van der Waals surface area contributed by atoms with Crippen molar-refractivity contribution >= 4 is 21.9 Å². The van der Waals surface area contributed by atoms with Gasteiger partial charge in [-0.15, -0.1) is 0 Å². The first-order chi connectivity index (χ1) is 6.84. The van der Waals surface area contributed by atoms with Gasteiger partial charge in [0.15, 0.2) is 0 Å². The monoisotopic (exact) mass is 274 g/mol. The van der Waals surface area contributed by atoms with E-state index < -0.39 is 11.4 Å². The van der Waals surface area contributed by atoms with Crippen molar-refractivity contribution in [3.05, 3.63) is 34.1 Å². The molecule has 4 heteroatoms. The van der Waals surface area contributed by atoms with Crippen molar-refractivity contribution in [2.75, 3.05) is 0 Å². The molecule has 1 aromatic carbocycles. The Morgan fingerprint density at radius 2 is 2.13 bits per heavy atom. The van der Waals surface area contributed by atoms with E-state index in [2.05, 4.69) is 15.9 Å². The minimum Gasteiger partial charge on any atom is -0.481 e. The van der Waals surface area contributed by atoms with Gasteiger partial charge in [0.1, 0.15) is 5.82 Å².